The molecule has 1 saturated heterocycles. The number of imidazole rings is 1. The predicted octanol–water partition coefficient (Wildman–Crippen LogP) is 3.32. The largest absolute Gasteiger partial charge is 0.445 e. The third kappa shape index (κ3) is 8.18. The van der Waals surface area contributed by atoms with Gasteiger partial charge in [0.2, 0.25) is 5.95 Å². The number of hydrogen-bond acceptors (Lipinski definition) is 6. The summed E-state index contributed by atoms with van der Waals surface area (Å²) in [5.41, 5.74) is 5.54. The molecule has 1 aliphatic heterocycles. The standard InChI is InChI=1S/C22H32FN5O3.CH4O/c1-7-9-10-16(23)26-19(24)18-15(3)28(14-25-18)17-11-12-22(8-2,31-17)13-30-20(29)27-21(4,5)6;1-2/h2,10,14,17H,7,9,11-13H2,1,3-6H3,(H2,24,26)(H,27,29);2H,1H3/b16-10+;. The summed E-state index contributed by atoms with van der Waals surface area (Å²) in [6.45, 7) is 9.24. The molecule has 0 spiro atoms. The van der Waals surface area contributed by atoms with Crippen LogP contribution in [-0.4, -0.2) is 51.4 Å². The van der Waals surface area contributed by atoms with Crippen LogP contribution in [0.3, 0.4) is 0 Å². The number of carbonyl (C=O) groups is 1. The van der Waals surface area contributed by atoms with Crippen LogP contribution in [-0.2, 0) is 9.47 Å². The number of rotatable bonds is 7. The number of unbranched alkanes of at least 4 members (excludes halogenated alkanes) is 1. The van der Waals surface area contributed by atoms with Gasteiger partial charge in [0.25, 0.3) is 0 Å². The number of ether oxygens (including phenoxy) is 2. The molecule has 0 bridgehead atoms. The number of carbonyl (C=O) groups excluding carboxylic acids is 1. The first-order valence-electron chi connectivity index (χ1n) is 10.8. The van der Waals surface area contributed by atoms with E-state index in [1.165, 1.54) is 6.08 Å². The summed E-state index contributed by atoms with van der Waals surface area (Å²) in [5, 5.41) is 9.72. The molecule has 1 aromatic heterocycles. The maximum atomic E-state index is 13.8. The molecule has 2 heterocycles. The first-order chi connectivity index (χ1) is 15.5. The minimum absolute atomic E-state index is 0.00972. The molecule has 184 valence electrons. The quantitative estimate of drug-likeness (QED) is 0.246. The van der Waals surface area contributed by atoms with Crippen molar-refractivity contribution in [1.29, 1.82) is 0 Å². The summed E-state index contributed by atoms with van der Waals surface area (Å²) in [4.78, 5) is 20.0. The fraction of sp³-hybridized carbons (Fsp3) is 0.609. The van der Waals surface area contributed by atoms with Gasteiger partial charge in [-0.15, -0.1) is 6.42 Å². The highest BCUT2D eigenvalue weighted by atomic mass is 19.1. The minimum Gasteiger partial charge on any atom is -0.445 e. The monoisotopic (exact) mass is 465 g/mol. The van der Waals surface area contributed by atoms with Crippen LogP contribution in [0.15, 0.2) is 23.3 Å². The van der Waals surface area contributed by atoms with Crippen molar-refractivity contribution in [3.05, 3.63) is 29.7 Å². The number of aromatic nitrogens is 2. The summed E-state index contributed by atoms with van der Waals surface area (Å²) in [7, 11) is 1.00. The molecule has 4 N–H and O–H groups in total. The zero-order valence-corrected chi connectivity index (χ0v) is 20.3. The predicted molar refractivity (Wildman–Crippen MR) is 125 cm³/mol. The Balaban J connectivity index is 0.00000265. The number of aliphatic hydroxyl groups excluding tert-OH is 1. The normalized spacial score (nSPS) is 21.1. The van der Waals surface area contributed by atoms with E-state index in [0.29, 0.717) is 30.7 Å². The van der Waals surface area contributed by atoms with Crippen LogP contribution in [0.4, 0.5) is 9.18 Å². The number of terminal acetylenes is 1. The molecule has 1 amide bonds. The van der Waals surface area contributed by atoms with Crippen molar-refractivity contribution in [2.75, 3.05) is 13.7 Å². The minimum atomic E-state index is -1.04. The Morgan fingerprint density at radius 2 is 2.24 bits per heavy atom. The van der Waals surface area contributed by atoms with Crippen molar-refractivity contribution < 1.29 is 23.8 Å². The third-order valence-corrected chi connectivity index (χ3v) is 4.76. The average molecular weight is 466 g/mol. The summed E-state index contributed by atoms with van der Waals surface area (Å²) in [6, 6.07) is 0. The summed E-state index contributed by atoms with van der Waals surface area (Å²) >= 11 is 0. The van der Waals surface area contributed by atoms with Crippen molar-refractivity contribution in [1.82, 2.24) is 14.9 Å². The molecule has 33 heavy (non-hydrogen) atoms. The molecular weight excluding hydrogens is 429 g/mol. The lowest BCUT2D eigenvalue weighted by atomic mass is 10.0. The van der Waals surface area contributed by atoms with E-state index in [4.69, 9.17) is 26.7 Å². The number of aliphatic imine (C=N–C) groups is 1. The van der Waals surface area contributed by atoms with E-state index in [1.807, 2.05) is 27.7 Å². The Bertz CT molecular complexity index is 898. The van der Waals surface area contributed by atoms with Gasteiger partial charge in [-0.05, 0) is 53.0 Å². The van der Waals surface area contributed by atoms with Crippen LogP contribution in [0.5, 0.6) is 0 Å². The van der Waals surface area contributed by atoms with E-state index in [0.717, 1.165) is 13.5 Å². The van der Waals surface area contributed by atoms with Gasteiger partial charge in [0.15, 0.2) is 11.4 Å². The van der Waals surface area contributed by atoms with Crippen molar-refractivity contribution in [3.63, 3.8) is 0 Å². The maximum Gasteiger partial charge on any atom is 0.407 e. The first-order valence-corrected chi connectivity index (χ1v) is 10.8. The lowest BCUT2D eigenvalue weighted by Gasteiger charge is -2.26. The summed E-state index contributed by atoms with van der Waals surface area (Å²) < 4.78 is 27.0. The van der Waals surface area contributed by atoms with Crippen molar-refractivity contribution >= 4 is 11.9 Å². The molecule has 2 atom stereocenters. The molecule has 2 rings (SSSR count). The molecule has 0 aromatic carbocycles. The number of aliphatic hydroxyl groups is 1. The number of amidine groups is 1. The lowest BCUT2D eigenvalue weighted by molar-refractivity contribution is -0.0667. The van der Waals surface area contributed by atoms with Crippen LogP contribution in [0.25, 0.3) is 0 Å². The molecule has 0 aliphatic carbocycles. The van der Waals surface area contributed by atoms with Crippen molar-refractivity contribution in [3.8, 4) is 12.3 Å². The van der Waals surface area contributed by atoms with Gasteiger partial charge < -0.3 is 30.2 Å². The number of nitrogens with zero attached hydrogens (tertiary/aromatic N) is 3. The van der Waals surface area contributed by atoms with E-state index in [2.05, 4.69) is 21.2 Å². The molecule has 0 saturated carbocycles. The van der Waals surface area contributed by atoms with Crippen molar-refractivity contribution in [2.24, 2.45) is 10.7 Å². The Hall–Kier alpha value is -2.90. The SMILES string of the molecule is C#CC1(COC(=O)NC(C)(C)C)CCC(n2cnc(/C(N)=N\C(F)=C\CCC)c2C)O1.CO. The molecule has 1 aliphatic rings. The zero-order chi connectivity index (χ0) is 25.2. The van der Waals surface area contributed by atoms with E-state index < -0.39 is 29.4 Å². The van der Waals surface area contributed by atoms with Crippen LogP contribution in [0.2, 0.25) is 0 Å². The van der Waals surface area contributed by atoms with Gasteiger partial charge >= 0.3 is 6.09 Å². The lowest BCUT2D eigenvalue weighted by Crippen LogP contribution is -2.43. The van der Waals surface area contributed by atoms with Gasteiger partial charge in [0.1, 0.15) is 18.5 Å². The second-order valence-corrected chi connectivity index (χ2v) is 8.60. The average Bonchev–Trinajstić information content (AvgIpc) is 3.35. The Kier molecular flexibility index (Phi) is 10.5. The van der Waals surface area contributed by atoms with Gasteiger partial charge in [-0.2, -0.15) is 4.39 Å². The maximum absolute atomic E-state index is 13.8. The number of allylic oxidation sites excluding steroid dienone is 1. The number of hydrogen-bond donors (Lipinski definition) is 3. The highest BCUT2D eigenvalue weighted by Gasteiger charge is 2.41. The van der Waals surface area contributed by atoms with Gasteiger partial charge in [0.05, 0.1) is 6.33 Å². The fourth-order valence-corrected chi connectivity index (χ4v) is 3.15. The van der Waals surface area contributed by atoms with E-state index in [1.54, 1.807) is 17.8 Å². The Morgan fingerprint density at radius 3 is 2.82 bits per heavy atom. The molecule has 1 fully saturated rings. The molecular formula is C23H36FN5O4. The van der Waals surface area contributed by atoms with Gasteiger partial charge in [-0.25, -0.2) is 14.8 Å². The number of alkyl carbamates (subject to hydrolysis) is 1. The van der Waals surface area contributed by atoms with Gasteiger partial charge in [-0.3, -0.25) is 0 Å². The second-order valence-electron chi connectivity index (χ2n) is 8.60. The number of halogens is 1. The van der Waals surface area contributed by atoms with E-state index in [9.17, 15) is 9.18 Å². The number of amides is 1. The van der Waals surface area contributed by atoms with Gasteiger partial charge in [0, 0.05) is 18.3 Å². The van der Waals surface area contributed by atoms with Gasteiger partial charge in [-0.1, -0.05) is 19.3 Å². The van der Waals surface area contributed by atoms with Crippen molar-refractivity contribution in [2.45, 2.75) is 77.7 Å². The fourth-order valence-electron chi connectivity index (χ4n) is 3.15. The Labute approximate surface area is 195 Å². The third-order valence-electron chi connectivity index (χ3n) is 4.76. The smallest absolute Gasteiger partial charge is 0.407 e. The zero-order valence-electron chi connectivity index (χ0n) is 20.3. The molecule has 2 unspecified atom stereocenters. The van der Waals surface area contributed by atoms with E-state index >= 15 is 0 Å². The van der Waals surface area contributed by atoms with E-state index in [-0.39, 0.29) is 12.4 Å². The topological polar surface area (TPSA) is 124 Å². The molecule has 0 radical (unpaired) electrons. The van der Waals surface area contributed by atoms with Crippen LogP contribution >= 0.6 is 0 Å². The number of nitrogens with one attached hydrogen (secondary N) is 1. The number of nitrogens with two attached hydrogens (primary N) is 1. The van der Waals surface area contributed by atoms with Crippen LogP contribution in [0.1, 0.15) is 71.0 Å². The van der Waals surface area contributed by atoms with Crippen LogP contribution in [0, 0.1) is 19.3 Å². The summed E-state index contributed by atoms with van der Waals surface area (Å²) in [5.74, 6) is 1.98. The highest BCUT2D eigenvalue weighted by Crippen LogP contribution is 2.37. The second kappa shape index (κ2) is 12.4. The molecule has 10 heteroatoms. The Morgan fingerprint density at radius 1 is 1.58 bits per heavy atom. The summed E-state index contributed by atoms with van der Waals surface area (Å²) in [6.07, 6.45) is 10.2. The molecule has 9 nitrogen and oxygen atoms in total. The van der Waals surface area contributed by atoms with Crippen LogP contribution < -0.4 is 11.1 Å². The highest BCUT2D eigenvalue weighted by molar-refractivity contribution is 5.97. The molecule has 1 aromatic rings. The first kappa shape index (κ1) is 28.1.